The fourth-order valence-corrected chi connectivity index (χ4v) is 2.01. The van der Waals surface area contributed by atoms with Crippen molar-refractivity contribution < 1.29 is 13.9 Å². The van der Waals surface area contributed by atoms with Crippen molar-refractivity contribution in [3.63, 3.8) is 0 Å². The van der Waals surface area contributed by atoms with Crippen LogP contribution in [0.1, 0.15) is 15.9 Å². The highest BCUT2D eigenvalue weighted by Crippen LogP contribution is 2.26. The van der Waals surface area contributed by atoms with Gasteiger partial charge in [-0.3, -0.25) is 0 Å². The van der Waals surface area contributed by atoms with Gasteiger partial charge in [0, 0.05) is 11.9 Å². The van der Waals surface area contributed by atoms with Crippen molar-refractivity contribution >= 4 is 33.4 Å². The molecule has 104 valence electrons. The molecule has 4 nitrogen and oxygen atoms in total. The Morgan fingerprint density at radius 3 is 2.85 bits per heavy atom. The molecule has 0 aliphatic carbocycles. The van der Waals surface area contributed by atoms with Gasteiger partial charge in [0.25, 0.3) is 0 Å². The number of halogens is 2. The van der Waals surface area contributed by atoms with Crippen molar-refractivity contribution in [3.05, 3.63) is 51.9 Å². The second kappa shape index (κ2) is 6.00. The molecule has 0 unspecified atom stereocenters. The Morgan fingerprint density at radius 2 is 2.15 bits per heavy atom. The Kier molecular flexibility index (Phi) is 4.34. The van der Waals surface area contributed by atoms with Crippen LogP contribution in [0.2, 0.25) is 0 Å². The van der Waals surface area contributed by atoms with Gasteiger partial charge in [0.15, 0.2) is 0 Å². The van der Waals surface area contributed by atoms with E-state index in [2.05, 4.69) is 31.0 Å². The van der Waals surface area contributed by atoms with Gasteiger partial charge in [0.1, 0.15) is 11.6 Å². The molecule has 2 aromatic rings. The second-order valence-electron chi connectivity index (χ2n) is 4.13. The van der Waals surface area contributed by atoms with Crippen LogP contribution in [0, 0.1) is 12.7 Å². The zero-order chi connectivity index (χ0) is 14.7. The summed E-state index contributed by atoms with van der Waals surface area (Å²) in [7, 11) is 1.32. The maximum atomic E-state index is 13.4. The van der Waals surface area contributed by atoms with Crippen LogP contribution >= 0.6 is 15.9 Å². The first-order valence-corrected chi connectivity index (χ1v) is 6.57. The standard InChI is InChI=1S/C14H12BrFN2O2/c1-8-5-11(16)10(15)7-12(8)18-13-6-9(3-4-17-13)14(19)20-2/h3-7H,1-2H3,(H,17,18). The molecule has 0 atom stereocenters. The zero-order valence-electron chi connectivity index (χ0n) is 10.9. The van der Waals surface area contributed by atoms with E-state index in [4.69, 9.17) is 0 Å². The highest BCUT2D eigenvalue weighted by atomic mass is 79.9. The molecule has 0 saturated heterocycles. The maximum Gasteiger partial charge on any atom is 0.338 e. The Hall–Kier alpha value is -1.95. The molecule has 1 heterocycles. The lowest BCUT2D eigenvalue weighted by molar-refractivity contribution is 0.0600. The first kappa shape index (κ1) is 14.5. The van der Waals surface area contributed by atoms with Crippen LogP contribution < -0.4 is 5.32 Å². The molecule has 0 bridgehead atoms. The Bertz CT molecular complexity index is 662. The summed E-state index contributed by atoms with van der Waals surface area (Å²) in [5, 5.41) is 3.04. The summed E-state index contributed by atoms with van der Waals surface area (Å²) >= 11 is 3.13. The minimum atomic E-state index is -0.438. The molecule has 0 radical (unpaired) electrons. The van der Waals surface area contributed by atoms with Gasteiger partial charge in [-0.05, 0) is 52.7 Å². The van der Waals surface area contributed by atoms with Gasteiger partial charge in [0.05, 0.1) is 17.1 Å². The predicted octanol–water partition coefficient (Wildman–Crippen LogP) is 3.82. The number of hydrogen-bond acceptors (Lipinski definition) is 4. The predicted molar refractivity (Wildman–Crippen MR) is 77.7 cm³/mol. The van der Waals surface area contributed by atoms with E-state index < -0.39 is 5.97 Å². The minimum Gasteiger partial charge on any atom is -0.465 e. The molecule has 2 rings (SSSR count). The summed E-state index contributed by atoms with van der Waals surface area (Å²) in [6.45, 7) is 1.78. The van der Waals surface area contributed by atoms with Crippen LogP contribution in [0.25, 0.3) is 0 Å². The number of methoxy groups -OCH3 is 1. The minimum absolute atomic E-state index is 0.329. The average Bonchev–Trinajstić information content (AvgIpc) is 2.44. The van der Waals surface area contributed by atoms with Gasteiger partial charge in [-0.25, -0.2) is 14.2 Å². The molecule has 0 aliphatic rings. The highest BCUT2D eigenvalue weighted by Gasteiger charge is 2.09. The van der Waals surface area contributed by atoms with E-state index in [1.165, 1.54) is 19.4 Å². The summed E-state index contributed by atoms with van der Waals surface area (Å²) in [6, 6.07) is 6.17. The number of aromatic nitrogens is 1. The van der Waals surface area contributed by atoms with Crippen molar-refractivity contribution in [2.75, 3.05) is 12.4 Å². The first-order chi connectivity index (χ1) is 9.51. The summed E-state index contributed by atoms with van der Waals surface area (Å²) in [6.07, 6.45) is 1.50. The van der Waals surface area contributed by atoms with Crippen LogP contribution in [0.15, 0.2) is 34.9 Å². The number of rotatable bonds is 3. The van der Waals surface area contributed by atoms with Gasteiger partial charge in [-0.15, -0.1) is 0 Å². The van der Waals surface area contributed by atoms with Gasteiger partial charge in [-0.2, -0.15) is 0 Å². The SMILES string of the molecule is COC(=O)c1ccnc(Nc2cc(Br)c(F)cc2C)c1. The lowest BCUT2D eigenvalue weighted by Crippen LogP contribution is -2.03. The quantitative estimate of drug-likeness (QED) is 0.864. The Morgan fingerprint density at radius 1 is 1.40 bits per heavy atom. The van der Waals surface area contributed by atoms with E-state index >= 15 is 0 Å². The third-order valence-corrected chi connectivity index (χ3v) is 3.32. The van der Waals surface area contributed by atoms with Crippen molar-refractivity contribution in [2.24, 2.45) is 0 Å². The molecular weight excluding hydrogens is 327 g/mol. The molecule has 0 amide bonds. The Labute approximate surface area is 124 Å². The number of benzene rings is 1. The molecule has 0 fully saturated rings. The number of nitrogens with zero attached hydrogens (tertiary/aromatic N) is 1. The van der Waals surface area contributed by atoms with Crippen molar-refractivity contribution in [1.82, 2.24) is 4.98 Å². The fourth-order valence-electron chi connectivity index (χ4n) is 1.66. The molecule has 0 saturated carbocycles. The van der Waals surface area contributed by atoms with Gasteiger partial charge in [0.2, 0.25) is 0 Å². The van der Waals surface area contributed by atoms with Crippen LogP contribution in [0.4, 0.5) is 15.9 Å². The summed E-state index contributed by atoms with van der Waals surface area (Å²) in [5.74, 6) is -0.286. The molecule has 1 aromatic carbocycles. The maximum absolute atomic E-state index is 13.4. The molecule has 0 aliphatic heterocycles. The second-order valence-corrected chi connectivity index (χ2v) is 4.98. The van der Waals surface area contributed by atoms with Crippen molar-refractivity contribution in [1.29, 1.82) is 0 Å². The van der Waals surface area contributed by atoms with Gasteiger partial charge >= 0.3 is 5.97 Å². The third kappa shape index (κ3) is 3.14. The van der Waals surface area contributed by atoms with E-state index in [0.29, 0.717) is 21.5 Å². The number of nitrogens with one attached hydrogen (secondary N) is 1. The number of aryl methyl sites for hydroxylation is 1. The fraction of sp³-hybridized carbons (Fsp3) is 0.143. The summed E-state index contributed by atoms with van der Waals surface area (Å²) < 4.78 is 18.4. The number of carbonyl (C=O) groups excluding carboxylic acids is 1. The molecular formula is C14H12BrFN2O2. The molecule has 6 heteroatoms. The van der Waals surface area contributed by atoms with Crippen LogP contribution in [-0.4, -0.2) is 18.1 Å². The summed E-state index contributed by atoms with van der Waals surface area (Å²) in [4.78, 5) is 15.6. The van der Waals surface area contributed by atoms with Gasteiger partial charge < -0.3 is 10.1 Å². The Balaban J connectivity index is 2.31. The van der Waals surface area contributed by atoms with E-state index in [1.54, 1.807) is 25.1 Å². The third-order valence-electron chi connectivity index (χ3n) is 2.71. The summed E-state index contributed by atoms with van der Waals surface area (Å²) in [5.41, 5.74) is 1.83. The normalized spacial score (nSPS) is 10.2. The lowest BCUT2D eigenvalue weighted by Gasteiger charge is -2.10. The molecule has 1 aromatic heterocycles. The molecule has 1 N–H and O–H groups in total. The van der Waals surface area contributed by atoms with Crippen molar-refractivity contribution in [3.8, 4) is 0 Å². The number of ether oxygens (including phenoxy) is 1. The van der Waals surface area contributed by atoms with Crippen LogP contribution in [-0.2, 0) is 4.74 Å². The zero-order valence-corrected chi connectivity index (χ0v) is 12.5. The smallest absolute Gasteiger partial charge is 0.338 e. The molecule has 20 heavy (non-hydrogen) atoms. The number of anilines is 2. The molecule has 0 spiro atoms. The number of hydrogen-bond donors (Lipinski definition) is 1. The first-order valence-electron chi connectivity index (χ1n) is 5.78. The topological polar surface area (TPSA) is 51.2 Å². The lowest BCUT2D eigenvalue weighted by atomic mass is 10.2. The monoisotopic (exact) mass is 338 g/mol. The van der Waals surface area contributed by atoms with Gasteiger partial charge in [-0.1, -0.05) is 0 Å². The van der Waals surface area contributed by atoms with Crippen molar-refractivity contribution in [2.45, 2.75) is 6.92 Å². The number of carbonyl (C=O) groups is 1. The highest BCUT2D eigenvalue weighted by molar-refractivity contribution is 9.10. The number of pyridine rings is 1. The largest absolute Gasteiger partial charge is 0.465 e. The van der Waals surface area contributed by atoms with E-state index in [1.807, 2.05) is 0 Å². The number of esters is 1. The van der Waals surface area contributed by atoms with Crippen LogP contribution in [0.5, 0.6) is 0 Å². The van der Waals surface area contributed by atoms with E-state index in [-0.39, 0.29) is 5.82 Å². The van der Waals surface area contributed by atoms with E-state index in [9.17, 15) is 9.18 Å². The average molecular weight is 339 g/mol. The van der Waals surface area contributed by atoms with E-state index in [0.717, 1.165) is 5.56 Å². The van der Waals surface area contributed by atoms with Crippen LogP contribution in [0.3, 0.4) is 0 Å².